The van der Waals surface area contributed by atoms with Crippen LogP contribution in [0, 0.1) is 12.7 Å². The second-order valence-corrected chi connectivity index (χ2v) is 5.85. The van der Waals surface area contributed by atoms with E-state index < -0.39 is 5.82 Å². The van der Waals surface area contributed by atoms with Crippen molar-refractivity contribution in [1.29, 1.82) is 0 Å². The highest BCUT2D eigenvalue weighted by molar-refractivity contribution is 9.10. The van der Waals surface area contributed by atoms with Gasteiger partial charge in [-0.1, -0.05) is 52.3 Å². The Kier molecular flexibility index (Phi) is 3.60. The zero-order valence-electron chi connectivity index (χ0n) is 11.4. The Labute approximate surface area is 130 Å². The van der Waals surface area contributed by atoms with Gasteiger partial charge in [0, 0.05) is 10.0 Å². The number of fused-ring (bicyclic) bond motifs is 1. The fourth-order valence-electron chi connectivity index (χ4n) is 2.49. The van der Waals surface area contributed by atoms with Gasteiger partial charge in [-0.15, -0.1) is 0 Å². The zero-order valence-corrected chi connectivity index (χ0v) is 12.9. The van der Waals surface area contributed by atoms with Gasteiger partial charge in [0.2, 0.25) is 0 Å². The fraction of sp³-hybridized carbons (Fsp3) is 0.0556. The van der Waals surface area contributed by atoms with Crippen LogP contribution in [0.1, 0.15) is 21.5 Å². The van der Waals surface area contributed by atoms with Crippen LogP contribution in [0.5, 0.6) is 0 Å². The molecule has 0 saturated heterocycles. The molecule has 0 bridgehead atoms. The van der Waals surface area contributed by atoms with Gasteiger partial charge < -0.3 is 0 Å². The smallest absolute Gasteiger partial charge is 0.196 e. The van der Waals surface area contributed by atoms with Crippen molar-refractivity contribution in [2.75, 3.05) is 0 Å². The number of carbonyl (C=O) groups is 1. The summed E-state index contributed by atoms with van der Waals surface area (Å²) in [5, 5.41) is 1.83. The van der Waals surface area contributed by atoms with E-state index in [2.05, 4.69) is 15.9 Å². The number of hydrogen-bond acceptors (Lipinski definition) is 1. The Morgan fingerprint density at radius 3 is 2.57 bits per heavy atom. The lowest BCUT2D eigenvalue weighted by molar-refractivity contribution is 0.103. The molecule has 0 amide bonds. The molecule has 0 unspecified atom stereocenters. The molecule has 0 heterocycles. The molecule has 0 atom stereocenters. The van der Waals surface area contributed by atoms with Gasteiger partial charge in [-0.25, -0.2) is 4.39 Å². The second kappa shape index (κ2) is 5.41. The zero-order chi connectivity index (χ0) is 15.0. The summed E-state index contributed by atoms with van der Waals surface area (Å²) in [6.45, 7) is 1.87. The molecule has 0 radical (unpaired) electrons. The molecule has 3 rings (SSSR count). The summed E-state index contributed by atoms with van der Waals surface area (Å²) in [5.74, 6) is -0.795. The first-order valence-electron chi connectivity index (χ1n) is 6.56. The molecule has 3 heteroatoms. The maximum Gasteiger partial charge on any atom is 0.196 e. The third-order valence-corrected chi connectivity index (χ3v) is 4.03. The Hall–Kier alpha value is -2.00. The first-order chi connectivity index (χ1) is 10.1. The van der Waals surface area contributed by atoms with Gasteiger partial charge in [0.15, 0.2) is 5.78 Å². The van der Waals surface area contributed by atoms with Crippen molar-refractivity contribution < 1.29 is 9.18 Å². The number of ketones is 1. The molecule has 0 aromatic heterocycles. The third-order valence-electron chi connectivity index (χ3n) is 3.54. The molecule has 0 spiro atoms. The summed E-state index contributed by atoms with van der Waals surface area (Å²) in [5.41, 5.74) is 1.51. The maximum atomic E-state index is 14.1. The standard InChI is InChI=1S/C18H12BrFO/c1-11-6-7-12-4-2-3-5-14(12)17(11)18(21)15-9-8-13(19)10-16(15)20/h2-10H,1H3. The topological polar surface area (TPSA) is 17.1 Å². The average molecular weight is 343 g/mol. The number of hydrogen-bond donors (Lipinski definition) is 0. The Bertz CT molecular complexity index is 855. The minimum absolute atomic E-state index is 0.0950. The average Bonchev–Trinajstić information content (AvgIpc) is 2.46. The first kappa shape index (κ1) is 14.0. The van der Waals surface area contributed by atoms with Crippen LogP contribution < -0.4 is 0 Å². The normalized spacial score (nSPS) is 10.8. The number of rotatable bonds is 2. The van der Waals surface area contributed by atoms with Crippen molar-refractivity contribution >= 4 is 32.5 Å². The van der Waals surface area contributed by atoms with Gasteiger partial charge in [-0.2, -0.15) is 0 Å². The molecule has 0 N–H and O–H groups in total. The summed E-state index contributed by atoms with van der Waals surface area (Å²) in [6.07, 6.45) is 0. The third kappa shape index (κ3) is 2.49. The predicted octanol–water partition coefficient (Wildman–Crippen LogP) is 5.28. The SMILES string of the molecule is Cc1ccc2ccccc2c1C(=O)c1ccc(Br)cc1F. The van der Waals surface area contributed by atoms with E-state index >= 15 is 0 Å². The summed E-state index contributed by atoms with van der Waals surface area (Å²) >= 11 is 3.20. The summed E-state index contributed by atoms with van der Waals surface area (Å²) < 4.78 is 14.7. The monoisotopic (exact) mass is 342 g/mol. The van der Waals surface area contributed by atoms with E-state index in [0.29, 0.717) is 10.0 Å². The van der Waals surface area contributed by atoms with E-state index in [9.17, 15) is 9.18 Å². The van der Waals surface area contributed by atoms with Crippen molar-refractivity contribution in [3.05, 3.63) is 81.6 Å². The molecule has 0 aliphatic heterocycles. The highest BCUT2D eigenvalue weighted by Crippen LogP contribution is 2.26. The van der Waals surface area contributed by atoms with E-state index in [1.165, 1.54) is 12.1 Å². The molecule has 0 aliphatic carbocycles. The van der Waals surface area contributed by atoms with Crippen LogP contribution in [0.25, 0.3) is 10.8 Å². The van der Waals surface area contributed by atoms with Gasteiger partial charge in [-0.3, -0.25) is 4.79 Å². The summed E-state index contributed by atoms with van der Waals surface area (Å²) in [7, 11) is 0. The van der Waals surface area contributed by atoms with Crippen molar-refractivity contribution in [2.45, 2.75) is 6.92 Å². The van der Waals surface area contributed by atoms with E-state index in [4.69, 9.17) is 0 Å². The van der Waals surface area contributed by atoms with Gasteiger partial charge >= 0.3 is 0 Å². The number of benzene rings is 3. The van der Waals surface area contributed by atoms with Crippen LogP contribution >= 0.6 is 15.9 Å². The molecule has 3 aromatic carbocycles. The molecule has 0 saturated carbocycles. The molecule has 0 aliphatic rings. The highest BCUT2D eigenvalue weighted by atomic mass is 79.9. The van der Waals surface area contributed by atoms with E-state index in [1.807, 2.05) is 43.3 Å². The highest BCUT2D eigenvalue weighted by Gasteiger charge is 2.18. The largest absolute Gasteiger partial charge is 0.288 e. The summed E-state index contributed by atoms with van der Waals surface area (Å²) in [4.78, 5) is 12.8. The minimum atomic E-state index is -0.512. The van der Waals surface area contributed by atoms with Crippen molar-refractivity contribution in [3.8, 4) is 0 Å². The lowest BCUT2D eigenvalue weighted by Gasteiger charge is -2.10. The van der Waals surface area contributed by atoms with Gasteiger partial charge in [0.25, 0.3) is 0 Å². The number of aryl methyl sites for hydroxylation is 1. The molecule has 3 aromatic rings. The van der Waals surface area contributed by atoms with Gasteiger partial charge in [0.05, 0.1) is 5.56 Å². The molecule has 104 valence electrons. The maximum absolute atomic E-state index is 14.1. The van der Waals surface area contributed by atoms with Crippen LogP contribution in [0.4, 0.5) is 4.39 Å². The van der Waals surface area contributed by atoms with Crippen LogP contribution in [0.15, 0.2) is 59.1 Å². The Balaban J connectivity index is 2.24. The predicted molar refractivity (Wildman–Crippen MR) is 86.2 cm³/mol. The Morgan fingerprint density at radius 2 is 1.81 bits per heavy atom. The quantitative estimate of drug-likeness (QED) is 0.579. The number of carbonyl (C=O) groups excluding carboxylic acids is 1. The van der Waals surface area contributed by atoms with Gasteiger partial charge in [0.1, 0.15) is 5.82 Å². The van der Waals surface area contributed by atoms with Crippen LogP contribution in [-0.2, 0) is 0 Å². The van der Waals surface area contributed by atoms with Crippen LogP contribution in [0.3, 0.4) is 0 Å². The second-order valence-electron chi connectivity index (χ2n) is 4.93. The fourth-order valence-corrected chi connectivity index (χ4v) is 2.82. The molecular formula is C18H12BrFO. The van der Waals surface area contributed by atoms with E-state index in [1.54, 1.807) is 6.07 Å². The van der Waals surface area contributed by atoms with Crippen LogP contribution in [0.2, 0.25) is 0 Å². The number of halogens is 2. The first-order valence-corrected chi connectivity index (χ1v) is 7.35. The Morgan fingerprint density at radius 1 is 1.05 bits per heavy atom. The lowest BCUT2D eigenvalue weighted by Crippen LogP contribution is -2.07. The molecular weight excluding hydrogens is 331 g/mol. The molecule has 0 fully saturated rings. The van der Waals surface area contributed by atoms with E-state index in [0.717, 1.165) is 16.3 Å². The van der Waals surface area contributed by atoms with Gasteiger partial charge in [-0.05, 0) is 41.5 Å². The minimum Gasteiger partial charge on any atom is -0.288 e. The van der Waals surface area contributed by atoms with E-state index in [-0.39, 0.29) is 11.3 Å². The van der Waals surface area contributed by atoms with Crippen molar-refractivity contribution in [2.24, 2.45) is 0 Å². The summed E-state index contributed by atoms with van der Waals surface area (Å²) in [6, 6.07) is 16.0. The molecule has 1 nitrogen and oxygen atoms in total. The van der Waals surface area contributed by atoms with Crippen LogP contribution in [-0.4, -0.2) is 5.78 Å². The lowest BCUT2D eigenvalue weighted by atomic mass is 9.93. The van der Waals surface area contributed by atoms with Crippen molar-refractivity contribution in [1.82, 2.24) is 0 Å². The molecule has 21 heavy (non-hydrogen) atoms. The van der Waals surface area contributed by atoms with Crippen molar-refractivity contribution in [3.63, 3.8) is 0 Å².